The van der Waals surface area contributed by atoms with Gasteiger partial charge in [0.2, 0.25) is 29.5 Å². The molecule has 0 radical (unpaired) electrons. The maximum absolute atomic E-state index is 15.3. The number of carbonyl (C=O) groups is 6. The Bertz CT molecular complexity index is 2550. The summed E-state index contributed by atoms with van der Waals surface area (Å²) in [6.07, 6.45) is 1.02. The van der Waals surface area contributed by atoms with Gasteiger partial charge in [-0.1, -0.05) is 37.3 Å². The highest BCUT2D eigenvalue weighted by atomic mass is 19.1. The number of aromatic nitrogens is 2. The van der Waals surface area contributed by atoms with Gasteiger partial charge in [0.25, 0.3) is 5.56 Å². The largest absolute Gasteiger partial charge is 0.458 e. The van der Waals surface area contributed by atoms with Gasteiger partial charge in [-0.2, -0.15) is 0 Å². The molecule has 2 aromatic heterocycles. The third-order valence-electron chi connectivity index (χ3n) is 11.6. The lowest BCUT2D eigenvalue weighted by Gasteiger charge is -2.31. The molecule has 9 N–H and O–H groups in total. The monoisotopic (exact) mass is 853 g/mol. The first-order valence-electron chi connectivity index (χ1n) is 20.4. The van der Waals surface area contributed by atoms with Crippen LogP contribution in [0.15, 0.2) is 47.3 Å². The molecule has 19 heteroatoms. The van der Waals surface area contributed by atoms with Gasteiger partial charge in [0.15, 0.2) is 5.60 Å². The highest BCUT2D eigenvalue weighted by molar-refractivity contribution is 5.95. The van der Waals surface area contributed by atoms with Gasteiger partial charge in [0.05, 0.1) is 61.2 Å². The normalized spacial score (nSPS) is 17.5. The highest BCUT2D eigenvalue weighted by Gasteiger charge is 2.46. The van der Waals surface area contributed by atoms with Gasteiger partial charge in [-0.05, 0) is 54.5 Å². The van der Waals surface area contributed by atoms with Gasteiger partial charge in [0.1, 0.15) is 18.5 Å². The van der Waals surface area contributed by atoms with Crippen molar-refractivity contribution in [2.45, 2.75) is 70.4 Å². The second-order valence-electron chi connectivity index (χ2n) is 15.5. The topological polar surface area (TPSA) is 265 Å². The number of hydrogen-bond acceptors (Lipinski definition) is 12. The minimum absolute atomic E-state index is 0.0230. The first kappa shape index (κ1) is 43.5. The number of rotatable bonds is 16. The van der Waals surface area contributed by atoms with Gasteiger partial charge < -0.3 is 52.0 Å². The van der Waals surface area contributed by atoms with Crippen molar-refractivity contribution in [2.75, 3.05) is 39.3 Å². The van der Waals surface area contributed by atoms with Crippen molar-refractivity contribution in [1.29, 1.82) is 0 Å². The number of pyridine rings is 2. The lowest BCUT2D eigenvalue weighted by Crippen LogP contribution is -2.52. The number of nitrogens with zero attached hydrogens (tertiary/aromatic N) is 2. The molecule has 1 aliphatic carbocycles. The summed E-state index contributed by atoms with van der Waals surface area (Å²) in [7, 11) is 0. The van der Waals surface area contributed by atoms with Gasteiger partial charge in [-0.25, -0.2) is 14.2 Å². The van der Waals surface area contributed by atoms with Gasteiger partial charge in [-0.3, -0.25) is 28.8 Å². The molecule has 326 valence electrons. The zero-order valence-corrected chi connectivity index (χ0v) is 34.2. The number of halogens is 1. The molecule has 4 heterocycles. The van der Waals surface area contributed by atoms with E-state index in [4.69, 9.17) is 15.5 Å². The van der Waals surface area contributed by atoms with Gasteiger partial charge >= 0.3 is 5.97 Å². The molecular weight excluding hydrogens is 806 g/mol. The maximum atomic E-state index is 15.3. The van der Waals surface area contributed by atoms with Crippen LogP contribution in [0.2, 0.25) is 0 Å². The Kier molecular flexibility index (Phi) is 12.8. The second-order valence-corrected chi connectivity index (χ2v) is 15.5. The molecule has 3 aliphatic rings. The second kappa shape index (κ2) is 18.2. The molecule has 3 atom stereocenters. The van der Waals surface area contributed by atoms with Crippen molar-refractivity contribution in [3.05, 3.63) is 97.6 Å². The van der Waals surface area contributed by atoms with Crippen LogP contribution in [0.3, 0.4) is 0 Å². The molecule has 62 heavy (non-hydrogen) atoms. The zero-order chi connectivity index (χ0) is 44.3. The van der Waals surface area contributed by atoms with E-state index in [0.29, 0.717) is 46.3 Å². The highest BCUT2D eigenvalue weighted by Crippen LogP contribution is 2.46. The lowest BCUT2D eigenvalue weighted by molar-refractivity contribution is -0.172. The summed E-state index contributed by atoms with van der Waals surface area (Å²) in [5, 5.41) is 28.2. The van der Waals surface area contributed by atoms with Crippen molar-refractivity contribution in [3.8, 4) is 11.4 Å². The number of ether oxygens (including phenoxy) is 1. The number of nitrogens with one attached hydrogen (secondary N) is 6. The fraction of sp³-hybridized carbons (Fsp3) is 0.395. The molecule has 0 saturated heterocycles. The average Bonchev–Trinajstić information content (AvgIpc) is 3.64. The van der Waals surface area contributed by atoms with Crippen molar-refractivity contribution >= 4 is 46.4 Å². The fourth-order valence-corrected chi connectivity index (χ4v) is 8.35. The SMILES string of the molecule is CC[C@@]1(O)C(=O)OCc2c1cc1n(c2=O)Cc2c-1nc1cc(F)c(C)c3c1c2[C@@H](NC(=O)CNCCNC(=O)CNC(=O)[C@H](Cc1ccccc1)NC(=O)CNC(=O)CN)CC3. The molecule has 18 nitrogen and oxygen atoms in total. The van der Waals surface area contributed by atoms with E-state index < -0.39 is 58.7 Å². The Labute approximate surface area is 354 Å². The number of hydrogen-bond donors (Lipinski definition) is 8. The zero-order valence-electron chi connectivity index (χ0n) is 34.2. The smallest absolute Gasteiger partial charge is 0.343 e. The fourth-order valence-electron chi connectivity index (χ4n) is 8.35. The van der Waals surface area contributed by atoms with E-state index >= 15 is 4.39 Å². The standard InChI is InChI=1S/C43H48FN9O9/c1-3-43(61)27-14-32-39-25(20-53(32)41(59)26(27)21-62-42(43)60)38-29(10-9-24-22(2)28(44)15-30(52-39)37(24)38)50-35(56)17-46-11-12-47-34(55)18-49-40(58)31(13-23-7-5-4-6-8-23)51-36(57)19-48-33(54)16-45/h4-8,14-15,29,31,46,61H,3,9-13,16-21,45H2,1-2H3,(H,47,55)(H,48,54)(H,49,58)(H,50,56)(H,51,57)/t29-,31-,43-/m0/s1. The number of carbonyl (C=O) groups excluding carboxylic acids is 6. The molecule has 0 unspecified atom stereocenters. The lowest BCUT2D eigenvalue weighted by atomic mass is 9.81. The predicted molar refractivity (Wildman–Crippen MR) is 221 cm³/mol. The van der Waals surface area contributed by atoms with Crippen molar-refractivity contribution in [3.63, 3.8) is 0 Å². The predicted octanol–water partition coefficient (Wildman–Crippen LogP) is -0.745. The molecule has 2 aromatic carbocycles. The minimum atomic E-state index is -2.02. The third-order valence-corrected chi connectivity index (χ3v) is 11.6. The summed E-state index contributed by atoms with van der Waals surface area (Å²) in [6.45, 7) is 2.28. The molecule has 0 spiro atoms. The van der Waals surface area contributed by atoms with Crippen LogP contribution in [0.4, 0.5) is 4.39 Å². The van der Waals surface area contributed by atoms with Crippen LogP contribution >= 0.6 is 0 Å². The Balaban J connectivity index is 0.970. The van der Waals surface area contributed by atoms with E-state index in [-0.39, 0.29) is 82.3 Å². The third kappa shape index (κ3) is 8.63. The summed E-state index contributed by atoms with van der Waals surface area (Å²) < 4.78 is 22.0. The number of cyclic esters (lactones) is 1. The van der Waals surface area contributed by atoms with E-state index in [2.05, 4.69) is 31.9 Å². The molecule has 0 saturated carbocycles. The number of amides is 5. The van der Waals surface area contributed by atoms with Crippen LogP contribution in [0, 0.1) is 12.7 Å². The summed E-state index contributed by atoms with van der Waals surface area (Å²) in [5.41, 5.74) is 7.67. The summed E-state index contributed by atoms with van der Waals surface area (Å²) in [5.74, 6) is -3.88. The van der Waals surface area contributed by atoms with Crippen LogP contribution in [-0.4, -0.2) is 95.5 Å². The molecular formula is C43H48FN9O9. The van der Waals surface area contributed by atoms with E-state index in [1.807, 2.05) is 6.07 Å². The first-order chi connectivity index (χ1) is 29.7. The minimum Gasteiger partial charge on any atom is -0.458 e. The summed E-state index contributed by atoms with van der Waals surface area (Å²) in [4.78, 5) is 94.4. The van der Waals surface area contributed by atoms with E-state index in [1.54, 1.807) is 44.2 Å². The summed E-state index contributed by atoms with van der Waals surface area (Å²) in [6, 6.07) is 10.3. The number of benzene rings is 2. The Morgan fingerprint density at radius 2 is 1.73 bits per heavy atom. The maximum Gasteiger partial charge on any atom is 0.343 e. The number of aliphatic hydroxyl groups is 1. The molecule has 2 aliphatic heterocycles. The molecule has 4 aromatic rings. The van der Waals surface area contributed by atoms with Crippen LogP contribution in [0.5, 0.6) is 0 Å². The van der Waals surface area contributed by atoms with Crippen molar-refractivity contribution in [1.82, 2.24) is 41.5 Å². The number of esters is 1. The number of fused-ring (bicyclic) bond motifs is 5. The Hall–Kier alpha value is -6.57. The Morgan fingerprint density at radius 3 is 2.47 bits per heavy atom. The van der Waals surface area contributed by atoms with E-state index in [1.165, 1.54) is 10.6 Å². The van der Waals surface area contributed by atoms with Gasteiger partial charge in [-0.15, -0.1) is 0 Å². The van der Waals surface area contributed by atoms with Crippen LogP contribution in [-0.2, 0) is 65.1 Å². The Morgan fingerprint density at radius 1 is 0.968 bits per heavy atom. The molecule has 0 bridgehead atoms. The van der Waals surface area contributed by atoms with E-state index in [9.17, 15) is 38.7 Å². The van der Waals surface area contributed by atoms with Crippen molar-refractivity contribution < 1.29 is 43.0 Å². The van der Waals surface area contributed by atoms with Crippen LogP contribution < -0.4 is 43.2 Å². The van der Waals surface area contributed by atoms with Gasteiger partial charge in [0, 0.05) is 42.1 Å². The molecule has 5 amide bonds. The first-order valence-corrected chi connectivity index (χ1v) is 20.4. The average molecular weight is 854 g/mol. The molecule has 7 rings (SSSR count). The molecule has 0 fully saturated rings. The number of aryl methyl sites for hydroxylation is 1. The van der Waals surface area contributed by atoms with Crippen LogP contribution in [0.1, 0.15) is 64.8 Å². The van der Waals surface area contributed by atoms with Crippen molar-refractivity contribution in [2.24, 2.45) is 5.73 Å². The quantitative estimate of drug-likeness (QED) is 0.0451. The summed E-state index contributed by atoms with van der Waals surface area (Å²) >= 11 is 0. The number of nitrogens with two attached hydrogens (primary N) is 1. The van der Waals surface area contributed by atoms with Crippen LogP contribution in [0.25, 0.3) is 22.3 Å². The van der Waals surface area contributed by atoms with E-state index in [0.717, 1.165) is 16.7 Å².